The number of halogens is 1. The number of rotatable bonds is 5. The van der Waals surface area contributed by atoms with E-state index in [0.717, 1.165) is 4.47 Å². The first-order valence-electron chi connectivity index (χ1n) is 7.42. The third kappa shape index (κ3) is 8.07. The number of benzene rings is 1. The van der Waals surface area contributed by atoms with E-state index in [0.29, 0.717) is 5.69 Å². The van der Waals surface area contributed by atoms with Crippen LogP contribution in [0.5, 0.6) is 0 Å². The largest absolute Gasteiger partial charge is 0.333 e. The summed E-state index contributed by atoms with van der Waals surface area (Å²) in [4.78, 5) is 36.9. The van der Waals surface area contributed by atoms with Gasteiger partial charge in [-0.05, 0) is 55.9 Å². The van der Waals surface area contributed by atoms with Crippen molar-refractivity contribution in [3.63, 3.8) is 0 Å². The van der Waals surface area contributed by atoms with Gasteiger partial charge in [0.2, 0.25) is 11.8 Å². The lowest BCUT2D eigenvalue weighted by Gasteiger charge is -2.21. The molecule has 0 aliphatic heterocycles. The second-order valence-corrected chi connectivity index (χ2v) is 7.31. The van der Waals surface area contributed by atoms with Crippen LogP contribution in [0.1, 0.15) is 20.8 Å². The molecule has 0 heterocycles. The minimum atomic E-state index is -0.557. The lowest BCUT2D eigenvalue weighted by Crippen LogP contribution is -2.50. The first-order chi connectivity index (χ1) is 11.1. The van der Waals surface area contributed by atoms with Crippen LogP contribution in [0.25, 0.3) is 0 Å². The number of hydrogen-bond acceptors (Lipinski definition) is 4. The quantitative estimate of drug-likeness (QED) is 0.706. The molecular weight excluding hydrogens is 376 g/mol. The minimum absolute atomic E-state index is 0.0235. The summed E-state index contributed by atoms with van der Waals surface area (Å²) in [5, 5.41) is 7.61. The summed E-state index contributed by atoms with van der Waals surface area (Å²) in [7, 11) is 1.63. The molecule has 0 atom stereocenters. The second-order valence-electron chi connectivity index (χ2n) is 6.45. The summed E-state index contributed by atoms with van der Waals surface area (Å²) < 4.78 is 0.776. The predicted molar refractivity (Wildman–Crippen MR) is 96.7 cm³/mol. The maximum atomic E-state index is 12.0. The second kappa shape index (κ2) is 8.79. The van der Waals surface area contributed by atoms with Gasteiger partial charge in [0.25, 0.3) is 0 Å². The molecule has 24 heavy (non-hydrogen) atoms. The van der Waals surface area contributed by atoms with E-state index in [1.165, 1.54) is 4.90 Å². The van der Waals surface area contributed by atoms with Crippen molar-refractivity contribution in [2.75, 3.05) is 25.5 Å². The van der Waals surface area contributed by atoms with E-state index in [1.54, 1.807) is 13.1 Å². The number of nitrogens with zero attached hydrogens (tertiary/aromatic N) is 1. The number of likely N-dealkylation sites (N-methyl/N-ethyl adjacent to an activating group) is 1. The Labute approximate surface area is 150 Å². The molecule has 1 rings (SSSR count). The highest BCUT2D eigenvalue weighted by molar-refractivity contribution is 9.10. The molecule has 1 aromatic rings. The fourth-order valence-electron chi connectivity index (χ4n) is 1.84. The highest BCUT2D eigenvalue weighted by atomic mass is 79.9. The average Bonchev–Trinajstić information content (AvgIpc) is 2.38. The fraction of sp³-hybridized carbons (Fsp3) is 0.438. The smallest absolute Gasteiger partial charge is 0.321 e. The number of hydrogen-bond donors (Lipinski definition) is 3. The van der Waals surface area contributed by atoms with Gasteiger partial charge in [-0.25, -0.2) is 4.79 Å². The molecule has 8 heteroatoms. The molecule has 1 aromatic carbocycles. The Morgan fingerprint density at radius 1 is 1.08 bits per heavy atom. The lowest BCUT2D eigenvalue weighted by atomic mass is 10.1. The Kier molecular flexibility index (Phi) is 7.37. The zero-order chi connectivity index (χ0) is 18.3. The molecule has 132 valence electrons. The van der Waals surface area contributed by atoms with Crippen LogP contribution in [0.3, 0.4) is 0 Å². The standard InChI is InChI=1S/C16H23BrN4O3/c1-16(2,3)20-15(24)19-14(23)10-21(4)9-13(22)18-12-8-6-5-7-11(12)17/h5-8H,9-10H2,1-4H3,(H,18,22)(H2,19,20,23,24). The number of imide groups is 1. The van der Waals surface area contributed by atoms with Crippen molar-refractivity contribution in [1.82, 2.24) is 15.5 Å². The van der Waals surface area contributed by atoms with E-state index in [1.807, 2.05) is 39.0 Å². The summed E-state index contributed by atoms with van der Waals surface area (Å²) in [6.07, 6.45) is 0. The lowest BCUT2D eigenvalue weighted by molar-refractivity contribution is -0.122. The van der Waals surface area contributed by atoms with Crippen LogP contribution in [0.4, 0.5) is 10.5 Å². The molecule has 7 nitrogen and oxygen atoms in total. The Morgan fingerprint density at radius 3 is 2.25 bits per heavy atom. The number of nitrogens with one attached hydrogen (secondary N) is 3. The van der Waals surface area contributed by atoms with Crippen molar-refractivity contribution >= 4 is 39.5 Å². The Morgan fingerprint density at radius 2 is 1.67 bits per heavy atom. The van der Waals surface area contributed by atoms with E-state index >= 15 is 0 Å². The molecule has 0 bridgehead atoms. The minimum Gasteiger partial charge on any atom is -0.333 e. The molecule has 0 aliphatic carbocycles. The summed E-state index contributed by atoms with van der Waals surface area (Å²) >= 11 is 3.35. The molecule has 0 saturated carbocycles. The maximum absolute atomic E-state index is 12.0. The molecule has 0 unspecified atom stereocenters. The molecule has 0 fully saturated rings. The highest BCUT2D eigenvalue weighted by Gasteiger charge is 2.17. The molecule has 0 aromatic heterocycles. The summed E-state index contributed by atoms with van der Waals surface area (Å²) in [5.41, 5.74) is 0.226. The van der Waals surface area contributed by atoms with E-state index in [-0.39, 0.29) is 19.0 Å². The van der Waals surface area contributed by atoms with Crippen molar-refractivity contribution in [2.45, 2.75) is 26.3 Å². The predicted octanol–water partition coefficient (Wildman–Crippen LogP) is 1.94. The van der Waals surface area contributed by atoms with E-state index < -0.39 is 17.5 Å². The van der Waals surface area contributed by atoms with Crippen LogP contribution in [-0.2, 0) is 9.59 Å². The van der Waals surface area contributed by atoms with Gasteiger partial charge in [-0.1, -0.05) is 12.1 Å². The molecular formula is C16H23BrN4O3. The molecule has 0 spiro atoms. The number of anilines is 1. The third-order valence-corrected chi connectivity index (χ3v) is 3.41. The first-order valence-corrected chi connectivity index (χ1v) is 8.21. The Hall–Kier alpha value is -1.93. The van der Waals surface area contributed by atoms with Gasteiger partial charge in [0.1, 0.15) is 0 Å². The van der Waals surface area contributed by atoms with E-state index in [9.17, 15) is 14.4 Å². The number of para-hydroxylation sites is 1. The van der Waals surface area contributed by atoms with Crippen LogP contribution < -0.4 is 16.0 Å². The van der Waals surface area contributed by atoms with Crippen LogP contribution in [0, 0.1) is 0 Å². The highest BCUT2D eigenvalue weighted by Crippen LogP contribution is 2.20. The number of carbonyl (C=O) groups is 3. The molecule has 0 radical (unpaired) electrons. The third-order valence-electron chi connectivity index (χ3n) is 2.72. The molecule has 3 N–H and O–H groups in total. The number of urea groups is 1. The normalized spacial score (nSPS) is 11.1. The average molecular weight is 399 g/mol. The summed E-state index contributed by atoms with van der Waals surface area (Å²) in [5.74, 6) is -0.732. The van der Waals surface area contributed by atoms with Crippen LogP contribution in [0.15, 0.2) is 28.7 Å². The van der Waals surface area contributed by atoms with Crippen LogP contribution in [0.2, 0.25) is 0 Å². The van der Waals surface area contributed by atoms with Gasteiger partial charge in [0.15, 0.2) is 0 Å². The van der Waals surface area contributed by atoms with Crippen molar-refractivity contribution in [3.05, 3.63) is 28.7 Å². The Balaban J connectivity index is 2.41. The summed E-state index contributed by atoms with van der Waals surface area (Å²) in [6, 6.07) is 6.69. The monoisotopic (exact) mass is 398 g/mol. The van der Waals surface area contributed by atoms with Gasteiger partial charge in [-0.2, -0.15) is 0 Å². The zero-order valence-corrected chi connectivity index (χ0v) is 15.9. The van der Waals surface area contributed by atoms with Crippen molar-refractivity contribution in [3.8, 4) is 0 Å². The topological polar surface area (TPSA) is 90.5 Å². The summed E-state index contributed by atoms with van der Waals surface area (Å²) in [6.45, 7) is 5.40. The van der Waals surface area contributed by atoms with Gasteiger partial charge in [0, 0.05) is 10.0 Å². The maximum Gasteiger partial charge on any atom is 0.321 e. The van der Waals surface area contributed by atoms with Crippen LogP contribution >= 0.6 is 15.9 Å². The van der Waals surface area contributed by atoms with Crippen molar-refractivity contribution in [2.24, 2.45) is 0 Å². The zero-order valence-electron chi connectivity index (χ0n) is 14.3. The molecule has 4 amide bonds. The number of carbonyl (C=O) groups excluding carboxylic acids is 3. The van der Waals surface area contributed by atoms with Gasteiger partial charge in [0.05, 0.1) is 18.8 Å². The fourth-order valence-corrected chi connectivity index (χ4v) is 2.22. The van der Waals surface area contributed by atoms with Gasteiger partial charge >= 0.3 is 6.03 Å². The molecule has 0 saturated heterocycles. The van der Waals surface area contributed by atoms with Crippen LogP contribution in [-0.4, -0.2) is 48.4 Å². The molecule has 0 aliphatic rings. The van der Waals surface area contributed by atoms with E-state index in [4.69, 9.17) is 0 Å². The Bertz CT molecular complexity index is 614. The van der Waals surface area contributed by atoms with Crippen molar-refractivity contribution < 1.29 is 14.4 Å². The van der Waals surface area contributed by atoms with Gasteiger partial charge < -0.3 is 10.6 Å². The SMILES string of the molecule is CN(CC(=O)NC(=O)NC(C)(C)C)CC(=O)Nc1ccccc1Br. The van der Waals surface area contributed by atoms with Crippen molar-refractivity contribution in [1.29, 1.82) is 0 Å². The first kappa shape index (κ1) is 20.1. The van der Waals surface area contributed by atoms with Gasteiger partial charge in [-0.3, -0.25) is 19.8 Å². The van der Waals surface area contributed by atoms with E-state index in [2.05, 4.69) is 31.9 Å². The number of amides is 4. The van der Waals surface area contributed by atoms with Gasteiger partial charge in [-0.15, -0.1) is 0 Å².